The smallest absolute Gasteiger partial charge is 0.292 e. The molecule has 2 aromatic carbocycles. The van der Waals surface area contributed by atoms with Gasteiger partial charge in [0.25, 0.3) is 11.5 Å². The Balaban J connectivity index is 1.71. The predicted octanol–water partition coefficient (Wildman–Crippen LogP) is 2.80. The van der Waals surface area contributed by atoms with E-state index in [0.29, 0.717) is 16.5 Å². The maximum Gasteiger partial charge on any atom is 0.292 e. The number of hydrogen-bond donors (Lipinski definition) is 1. The molecule has 0 aliphatic rings. The summed E-state index contributed by atoms with van der Waals surface area (Å²) in [7, 11) is 0. The molecule has 0 atom stereocenters. The van der Waals surface area contributed by atoms with Crippen LogP contribution >= 0.6 is 0 Å². The van der Waals surface area contributed by atoms with Crippen LogP contribution in [0.2, 0.25) is 0 Å². The standard InChI is InChI=1S/C21H16N4O3/c26-20(23-22-13-16-9-6-12-28-16)19-17-10-4-5-11-18(17)21(27)25(24-19)14-15-7-2-1-3-8-15/h1-13H,14H2,(H,23,26). The first kappa shape index (κ1) is 17.4. The number of hydrogen-bond acceptors (Lipinski definition) is 5. The number of hydrazone groups is 1. The molecule has 0 radical (unpaired) electrons. The summed E-state index contributed by atoms with van der Waals surface area (Å²) in [6, 6.07) is 19.8. The first-order chi connectivity index (χ1) is 13.7. The summed E-state index contributed by atoms with van der Waals surface area (Å²) in [6.07, 6.45) is 2.90. The number of aromatic nitrogens is 2. The molecule has 4 aromatic rings. The number of furan rings is 1. The third-order valence-electron chi connectivity index (χ3n) is 4.16. The van der Waals surface area contributed by atoms with E-state index in [2.05, 4.69) is 15.6 Å². The highest BCUT2D eigenvalue weighted by atomic mass is 16.3. The molecule has 7 nitrogen and oxygen atoms in total. The first-order valence-corrected chi connectivity index (χ1v) is 8.63. The van der Waals surface area contributed by atoms with Crippen molar-refractivity contribution < 1.29 is 9.21 Å². The fourth-order valence-electron chi connectivity index (χ4n) is 2.84. The third-order valence-corrected chi connectivity index (χ3v) is 4.16. The van der Waals surface area contributed by atoms with Gasteiger partial charge in [-0.25, -0.2) is 10.1 Å². The van der Waals surface area contributed by atoms with Gasteiger partial charge in [0.1, 0.15) is 5.76 Å². The Morgan fingerprint density at radius 1 is 1.04 bits per heavy atom. The van der Waals surface area contributed by atoms with Crippen molar-refractivity contribution in [2.45, 2.75) is 6.54 Å². The van der Waals surface area contributed by atoms with E-state index in [-0.39, 0.29) is 17.8 Å². The molecular weight excluding hydrogens is 356 g/mol. The van der Waals surface area contributed by atoms with Gasteiger partial charge in [-0.3, -0.25) is 9.59 Å². The summed E-state index contributed by atoms with van der Waals surface area (Å²) in [5.41, 5.74) is 3.22. The molecule has 0 saturated carbocycles. The molecule has 2 aromatic heterocycles. The van der Waals surface area contributed by atoms with Gasteiger partial charge in [-0.15, -0.1) is 0 Å². The molecule has 1 N–H and O–H groups in total. The van der Waals surface area contributed by atoms with Crippen LogP contribution in [0.25, 0.3) is 10.8 Å². The quantitative estimate of drug-likeness (QED) is 0.431. The molecular formula is C21H16N4O3. The number of rotatable bonds is 5. The van der Waals surface area contributed by atoms with Gasteiger partial charge in [-0.05, 0) is 23.8 Å². The maximum absolute atomic E-state index is 12.8. The molecule has 0 fully saturated rings. The van der Waals surface area contributed by atoms with E-state index in [9.17, 15) is 9.59 Å². The third kappa shape index (κ3) is 3.59. The lowest BCUT2D eigenvalue weighted by Crippen LogP contribution is -2.29. The highest BCUT2D eigenvalue weighted by Gasteiger charge is 2.16. The van der Waals surface area contributed by atoms with E-state index in [0.717, 1.165) is 5.56 Å². The van der Waals surface area contributed by atoms with Crippen LogP contribution in [0, 0.1) is 0 Å². The van der Waals surface area contributed by atoms with Crippen LogP contribution in [0.3, 0.4) is 0 Å². The van der Waals surface area contributed by atoms with Gasteiger partial charge >= 0.3 is 0 Å². The van der Waals surface area contributed by atoms with Crippen molar-refractivity contribution in [1.29, 1.82) is 0 Å². The largest absolute Gasteiger partial charge is 0.463 e. The van der Waals surface area contributed by atoms with Crippen LogP contribution in [-0.4, -0.2) is 21.9 Å². The number of benzene rings is 2. The van der Waals surface area contributed by atoms with Crippen LogP contribution in [-0.2, 0) is 6.54 Å². The molecule has 0 aliphatic heterocycles. The zero-order chi connectivity index (χ0) is 19.3. The second kappa shape index (κ2) is 7.71. The molecule has 28 heavy (non-hydrogen) atoms. The van der Waals surface area contributed by atoms with E-state index >= 15 is 0 Å². The Kier molecular flexibility index (Phi) is 4.79. The summed E-state index contributed by atoms with van der Waals surface area (Å²) in [5, 5.41) is 9.09. The first-order valence-electron chi connectivity index (χ1n) is 8.63. The van der Waals surface area contributed by atoms with E-state index < -0.39 is 5.91 Å². The number of fused-ring (bicyclic) bond motifs is 1. The molecule has 0 bridgehead atoms. The Morgan fingerprint density at radius 3 is 2.54 bits per heavy atom. The summed E-state index contributed by atoms with van der Waals surface area (Å²) >= 11 is 0. The highest BCUT2D eigenvalue weighted by molar-refractivity contribution is 6.04. The van der Waals surface area contributed by atoms with Gasteiger partial charge < -0.3 is 4.42 Å². The van der Waals surface area contributed by atoms with Crippen molar-refractivity contribution in [2.75, 3.05) is 0 Å². The van der Waals surface area contributed by atoms with Crippen molar-refractivity contribution >= 4 is 22.9 Å². The molecule has 138 valence electrons. The topological polar surface area (TPSA) is 89.5 Å². The average molecular weight is 372 g/mol. The van der Waals surface area contributed by atoms with E-state index in [1.54, 1.807) is 36.4 Å². The minimum Gasteiger partial charge on any atom is -0.463 e. The van der Waals surface area contributed by atoms with Crippen molar-refractivity contribution in [3.8, 4) is 0 Å². The molecule has 0 saturated heterocycles. The van der Waals surface area contributed by atoms with Gasteiger partial charge in [0.15, 0.2) is 5.69 Å². The minimum absolute atomic E-state index is 0.128. The van der Waals surface area contributed by atoms with Gasteiger partial charge in [0, 0.05) is 5.39 Å². The average Bonchev–Trinajstić information content (AvgIpc) is 3.24. The fraction of sp³-hybridized carbons (Fsp3) is 0.0476. The van der Waals surface area contributed by atoms with Crippen LogP contribution in [0.4, 0.5) is 0 Å². The lowest BCUT2D eigenvalue weighted by Gasteiger charge is -2.10. The van der Waals surface area contributed by atoms with Crippen molar-refractivity contribution in [2.24, 2.45) is 5.10 Å². The van der Waals surface area contributed by atoms with Gasteiger partial charge in [0.2, 0.25) is 0 Å². The Hall–Kier alpha value is -4.00. The molecule has 0 spiro atoms. The second-order valence-corrected chi connectivity index (χ2v) is 6.06. The molecule has 7 heteroatoms. The lowest BCUT2D eigenvalue weighted by molar-refractivity contribution is 0.0949. The number of carbonyl (C=O) groups excluding carboxylic acids is 1. The van der Waals surface area contributed by atoms with Gasteiger partial charge in [-0.1, -0.05) is 48.5 Å². The number of nitrogens with one attached hydrogen (secondary N) is 1. The Morgan fingerprint density at radius 2 is 1.79 bits per heavy atom. The number of carbonyl (C=O) groups is 1. The van der Waals surface area contributed by atoms with Crippen LogP contribution in [0.15, 0.2) is 87.3 Å². The van der Waals surface area contributed by atoms with Crippen LogP contribution < -0.4 is 11.0 Å². The van der Waals surface area contributed by atoms with Crippen molar-refractivity contribution in [3.05, 3.63) is 100 Å². The van der Waals surface area contributed by atoms with Crippen LogP contribution in [0.5, 0.6) is 0 Å². The van der Waals surface area contributed by atoms with E-state index in [1.165, 1.54) is 17.2 Å². The monoisotopic (exact) mass is 372 g/mol. The van der Waals surface area contributed by atoms with Crippen molar-refractivity contribution in [1.82, 2.24) is 15.2 Å². The highest BCUT2D eigenvalue weighted by Crippen LogP contribution is 2.14. The summed E-state index contributed by atoms with van der Waals surface area (Å²) < 4.78 is 6.43. The summed E-state index contributed by atoms with van der Waals surface area (Å²) in [4.78, 5) is 25.5. The summed E-state index contributed by atoms with van der Waals surface area (Å²) in [5.74, 6) is -0.00650. The molecule has 2 heterocycles. The number of amides is 1. The molecule has 1 amide bonds. The zero-order valence-electron chi connectivity index (χ0n) is 14.8. The Labute approximate surface area is 159 Å². The Bertz CT molecular complexity index is 1200. The van der Waals surface area contributed by atoms with Gasteiger partial charge in [0.05, 0.1) is 24.4 Å². The molecule has 0 unspecified atom stereocenters. The zero-order valence-corrected chi connectivity index (χ0v) is 14.8. The minimum atomic E-state index is -0.513. The fourth-order valence-corrected chi connectivity index (χ4v) is 2.84. The number of nitrogens with zero attached hydrogens (tertiary/aromatic N) is 3. The second-order valence-electron chi connectivity index (χ2n) is 6.06. The van der Waals surface area contributed by atoms with Gasteiger partial charge in [-0.2, -0.15) is 10.2 Å². The lowest BCUT2D eigenvalue weighted by atomic mass is 10.1. The maximum atomic E-state index is 12.8. The van der Waals surface area contributed by atoms with E-state index in [4.69, 9.17) is 4.42 Å². The molecule has 4 rings (SSSR count). The molecule has 0 aliphatic carbocycles. The normalized spacial score (nSPS) is 11.1. The van der Waals surface area contributed by atoms with Crippen LogP contribution in [0.1, 0.15) is 21.8 Å². The predicted molar refractivity (Wildman–Crippen MR) is 105 cm³/mol. The van der Waals surface area contributed by atoms with E-state index in [1.807, 2.05) is 30.3 Å². The summed E-state index contributed by atoms with van der Waals surface area (Å²) in [6.45, 7) is 0.264. The SMILES string of the molecule is O=C(NN=Cc1ccco1)c1nn(Cc2ccccc2)c(=O)c2ccccc12. The van der Waals surface area contributed by atoms with Crippen molar-refractivity contribution in [3.63, 3.8) is 0 Å².